The van der Waals surface area contributed by atoms with E-state index in [0.29, 0.717) is 18.1 Å². The summed E-state index contributed by atoms with van der Waals surface area (Å²) in [5, 5.41) is 1.25. The Labute approximate surface area is 138 Å². The molecular weight excluding hydrogens is 288 g/mol. The maximum atomic E-state index is 10.6. The SMILES string of the molecule is CCCCn1cc(C2CCN(C)CC2)c2cc(OC=O)ccc21. The van der Waals surface area contributed by atoms with E-state index in [4.69, 9.17) is 4.74 Å². The zero-order valence-electron chi connectivity index (χ0n) is 14.1. The molecule has 0 saturated carbocycles. The second-order valence-electron chi connectivity index (χ2n) is 6.60. The summed E-state index contributed by atoms with van der Waals surface area (Å²) in [6, 6.07) is 6.00. The highest BCUT2D eigenvalue weighted by molar-refractivity contribution is 5.86. The third-order valence-electron chi connectivity index (χ3n) is 4.98. The molecule has 0 N–H and O–H groups in total. The fourth-order valence-corrected chi connectivity index (χ4v) is 3.59. The van der Waals surface area contributed by atoms with E-state index in [1.54, 1.807) is 0 Å². The summed E-state index contributed by atoms with van der Waals surface area (Å²) in [6.45, 7) is 6.07. The fraction of sp³-hybridized carbons (Fsp3) is 0.526. The first-order valence-corrected chi connectivity index (χ1v) is 8.64. The number of fused-ring (bicyclic) bond motifs is 1. The summed E-state index contributed by atoms with van der Waals surface area (Å²) in [5.41, 5.74) is 2.67. The number of benzene rings is 1. The second kappa shape index (κ2) is 7.18. The molecule has 0 unspecified atom stereocenters. The lowest BCUT2D eigenvalue weighted by molar-refractivity contribution is -0.120. The molecule has 3 rings (SSSR count). The van der Waals surface area contributed by atoms with Crippen LogP contribution in [0.2, 0.25) is 0 Å². The summed E-state index contributed by atoms with van der Waals surface area (Å²) >= 11 is 0. The fourth-order valence-electron chi connectivity index (χ4n) is 3.59. The molecule has 1 aromatic heterocycles. The van der Waals surface area contributed by atoms with Crippen LogP contribution in [-0.4, -0.2) is 36.1 Å². The number of aromatic nitrogens is 1. The Morgan fingerprint density at radius 1 is 1.30 bits per heavy atom. The lowest BCUT2D eigenvalue weighted by Gasteiger charge is -2.28. The second-order valence-corrected chi connectivity index (χ2v) is 6.60. The standard InChI is InChI=1S/C19H26N2O2/c1-3-4-9-21-13-18(15-7-10-20(2)11-8-15)17-12-16(23-14-22)5-6-19(17)21/h5-6,12-15H,3-4,7-11H2,1-2H3. The smallest absolute Gasteiger partial charge is 0.298 e. The summed E-state index contributed by atoms with van der Waals surface area (Å²) < 4.78 is 7.44. The number of hydrogen-bond donors (Lipinski definition) is 0. The van der Waals surface area contributed by atoms with E-state index in [0.717, 1.165) is 19.6 Å². The quantitative estimate of drug-likeness (QED) is 0.761. The van der Waals surface area contributed by atoms with E-state index < -0.39 is 0 Å². The van der Waals surface area contributed by atoms with Crippen LogP contribution in [0.15, 0.2) is 24.4 Å². The van der Waals surface area contributed by atoms with Crippen molar-refractivity contribution in [1.82, 2.24) is 9.47 Å². The van der Waals surface area contributed by atoms with Gasteiger partial charge < -0.3 is 14.2 Å². The predicted molar refractivity (Wildman–Crippen MR) is 93.0 cm³/mol. The van der Waals surface area contributed by atoms with Gasteiger partial charge in [-0.05, 0) is 69.1 Å². The van der Waals surface area contributed by atoms with Crippen LogP contribution >= 0.6 is 0 Å². The summed E-state index contributed by atoms with van der Waals surface area (Å²) in [4.78, 5) is 13.0. The Morgan fingerprint density at radius 2 is 2.09 bits per heavy atom. The van der Waals surface area contributed by atoms with E-state index in [-0.39, 0.29) is 0 Å². The molecule has 0 aliphatic carbocycles. The Hall–Kier alpha value is -1.81. The highest BCUT2D eigenvalue weighted by atomic mass is 16.5. The van der Waals surface area contributed by atoms with Crippen molar-refractivity contribution in [2.75, 3.05) is 20.1 Å². The zero-order valence-corrected chi connectivity index (χ0v) is 14.1. The van der Waals surface area contributed by atoms with Gasteiger partial charge in [0.2, 0.25) is 0 Å². The van der Waals surface area contributed by atoms with Crippen molar-refractivity contribution >= 4 is 17.4 Å². The van der Waals surface area contributed by atoms with Crippen LogP contribution in [0.1, 0.15) is 44.1 Å². The minimum absolute atomic E-state index is 0.504. The van der Waals surface area contributed by atoms with Gasteiger partial charge in [0.1, 0.15) is 5.75 Å². The van der Waals surface area contributed by atoms with Gasteiger partial charge in [-0.3, -0.25) is 4.79 Å². The maximum Gasteiger partial charge on any atom is 0.298 e. The van der Waals surface area contributed by atoms with Gasteiger partial charge in [0.25, 0.3) is 6.47 Å². The molecule has 0 atom stereocenters. The van der Waals surface area contributed by atoms with Crippen LogP contribution in [0.25, 0.3) is 10.9 Å². The van der Waals surface area contributed by atoms with Crippen LogP contribution in [-0.2, 0) is 11.3 Å². The molecule has 1 aliphatic heterocycles. The maximum absolute atomic E-state index is 10.6. The van der Waals surface area contributed by atoms with Crippen LogP contribution in [0.3, 0.4) is 0 Å². The monoisotopic (exact) mass is 314 g/mol. The minimum Gasteiger partial charge on any atom is -0.429 e. The van der Waals surface area contributed by atoms with Crippen LogP contribution in [0, 0.1) is 0 Å². The molecule has 23 heavy (non-hydrogen) atoms. The number of unbranched alkanes of at least 4 members (excludes halogenated alkanes) is 1. The third-order valence-corrected chi connectivity index (χ3v) is 4.98. The number of rotatable bonds is 6. The van der Waals surface area contributed by atoms with Crippen molar-refractivity contribution in [3.05, 3.63) is 30.0 Å². The topological polar surface area (TPSA) is 34.5 Å². The molecule has 2 heterocycles. The van der Waals surface area contributed by atoms with Crippen LogP contribution in [0.4, 0.5) is 0 Å². The molecule has 124 valence electrons. The first-order chi connectivity index (χ1) is 11.2. The molecule has 1 fully saturated rings. The molecule has 2 aromatic rings. The molecule has 0 radical (unpaired) electrons. The third kappa shape index (κ3) is 3.42. The predicted octanol–water partition coefficient (Wildman–Crippen LogP) is 3.79. The average Bonchev–Trinajstić information content (AvgIpc) is 2.92. The van der Waals surface area contributed by atoms with Crippen LogP contribution < -0.4 is 4.74 Å². The van der Waals surface area contributed by atoms with Gasteiger partial charge in [-0.25, -0.2) is 0 Å². The molecule has 1 saturated heterocycles. The summed E-state index contributed by atoms with van der Waals surface area (Å²) in [7, 11) is 2.19. The minimum atomic E-state index is 0.504. The van der Waals surface area contributed by atoms with E-state index in [2.05, 4.69) is 35.7 Å². The Bertz CT molecular complexity index is 669. The number of hydrogen-bond acceptors (Lipinski definition) is 3. The number of carbonyl (C=O) groups is 1. The zero-order chi connectivity index (χ0) is 16.2. The molecule has 4 nitrogen and oxygen atoms in total. The lowest BCUT2D eigenvalue weighted by atomic mass is 9.89. The molecule has 1 aromatic carbocycles. The number of ether oxygens (including phenoxy) is 1. The van der Waals surface area contributed by atoms with Gasteiger partial charge >= 0.3 is 0 Å². The van der Waals surface area contributed by atoms with Gasteiger partial charge in [0, 0.05) is 23.6 Å². The molecule has 4 heteroatoms. The molecule has 0 bridgehead atoms. The van der Waals surface area contributed by atoms with Crippen molar-refractivity contribution in [2.24, 2.45) is 0 Å². The molecule has 0 amide bonds. The van der Waals surface area contributed by atoms with Gasteiger partial charge in [-0.2, -0.15) is 0 Å². The van der Waals surface area contributed by atoms with Gasteiger partial charge in [-0.1, -0.05) is 13.3 Å². The van der Waals surface area contributed by atoms with E-state index in [1.807, 2.05) is 12.1 Å². The first-order valence-electron chi connectivity index (χ1n) is 8.64. The van der Waals surface area contributed by atoms with Crippen molar-refractivity contribution in [2.45, 2.75) is 45.1 Å². The Balaban J connectivity index is 1.99. The molecular formula is C19H26N2O2. The highest BCUT2D eigenvalue weighted by Crippen LogP contribution is 2.36. The normalized spacial score (nSPS) is 16.8. The highest BCUT2D eigenvalue weighted by Gasteiger charge is 2.22. The Morgan fingerprint density at radius 3 is 2.78 bits per heavy atom. The number of nitrogens with zero attached hydrogens (tertiary/aromatic N) is 2. The van der Waals surface area contributed by atoms with E-state index in [1.165, 1.54) is 42.1 Å². The van der Waals surface area contributed by atoms with Gasteiger partial charge in [0.15, 0.2) is 0 Å². The Kier molecular flexibility index (Phi) is 5.01. The summed E-state index contributed by atoms with van der Waals surface area (Å²) in [6.07, 6.45) is 7.10. The average molecular weight is 314 g/mol. The van der Waals surface area contributed by atoms with E-state index >= 15 is 0 Å². The summed E-state index contributed by atoms with van der Waals surface area (Å²) in [5.74, 6) is 1.23. The van der Waals surface area contributed by atoms with Gasteiger partial charge in [-0.15, -0.1) is 0 Å². The first kappa shape index (κ1) is 16.1. The number of aryl methyl sites for hydroxylation is 1. The van der Waals surface area contributed by atoms with Gasteiger partial charge in [0.05, 0.1) is 0 Å². The molecule has 1 aliphatic rings. The van der Waals surface area contributed by atoms with E-state index in [9.17, 15) is 4.79 Å². The van der Waals surface area contributed by atoms with Crippen LogP contribution in [0.5, 0.6) is 5.75 Å². The number of likely N-dealkylation sites (tertiary alicyclic amines) is 1. The molecule has 0 spiro atoms. The lowest BCUT2D eigenvalue weighted by Crippen LogP contribution is -2.29. The largest absolute Gasteiger partial charge is 0.429 e. The van der Waals surface area contributed by atoms with Crippen molar-refractivity contribution in [3.63, 3.8) is 0 Å². The van der Waals surface area contributed by atoms with Crippen molar-refractivity contribution in [3.8, 4) is 5.75 Å². The number of piperidine rings is 1. The number of carbonyl (C=O) groups excluding carboxylic acids is 1. The van der Waals surface area contributed by atoms with Crippen molar-refractivity contribution in [1.29, 1.82) is 0 Å². The van der Waals surface area contributed by atoms with Crippen molar-refractivity contribution < 1.29 is 9.53 Å².